The summed E-state index contributed by atoms with van der Waals surface area (Å²) in [5, 5.41) is 0. The third kappa shape index (κ3) is 1.54. The lowest BCUT2D eigenvalue weighted by atomic mass is 10.2. The fraction of sp³-hybridized carbons (Fsp3) is 0.364. The average Bonchev–Trinajstić information content (AvgIpc) is 3.01. The molecule has 0 spiro atoms. The maximum Gasteiger partial charge on any atom is 0.223 e. The van der Waals surface area contributed by atoms with Crippen molar-refractivity contribution < 1.29 is 4.42 Å². The van der Waals surface area contributed by atoms with Gasteiger partial charge in [0.1, 0.15) is 11.6 Å². The van der Waals surface area contributed by atoms with Gasteiger partial charge in [-0.15, -0.1) is 0 Å². The second-order valence-corrected chi connectivity index (χ2v) is 4.04. The second kappa shape index (κ2) is 3.30. The second-order valence-electron chi connectivity index (χ2n) is 4.04. The van der Waals surface area contributed by atoms with E-state index >= 15 is 0 Å². The number of hydrogen-bond acceptors (Lipinski definition) is 5. The van der Waals surface area contributed by atoms with Crippen LogP contribution in [-0.4, -0.2) is 15.0 Å². The Morgan fingerprint density at radius 3 is 2.75 bits per heavy atom. The van der Waals surface area contributed by atoms with Crippen molar-refractivity contribution in [2.24, 2.45) is 0 Å². The van der Waals surface area contributed by atoms with Crippen LogP contribution in [0.4, 0.5) is 5.95 Å². The van der Waals surface area contributed by atoms with Crippen molar-refractivity contribution in [3.63, 3.8) is 0 Å². The Bertz CT molecular complexity index is 531. The largest absolute Gasteiger partial charge is 0.469 e. The molecule has 1 saturated carbocycles. The monoisotopic (exact) mass is 216 g/mol. The topological polar surface area (TPSA) is 77.8 Å². The van der Waals surface area contributed by atoms with Crippen molar-refractivity contribution in [1.82, 2.24) is 15.0 Å². The van der Waals surface area contributed by atoms with Crippen molar-refractivity contribution >= 4 is 5.95 Å². The van der Waals surface area contributed by atoms with E-state index in [0.717, 1.165) is 30.0 Å². The highest BCUT2D eigenvalue weighted by Crippen LogP contribution is 2.38. The van der Waals surface area contributed by atoms with Crippen LogP contribution < -0.4 is 5.73 Å². The number of anilines is 1. The first-order valence-electron chi connectivity index (χ1n) is 5.30. The fourth-order valence-corrected chi connectivity index (χ4v) is 1.67. The summed E-state index contributed by atoms with van der Waals surface area (Å²) in [5.41, 5.74) is 6.57. The van der Waals surface area contributed by atoms with Crippen LogP contribution in [0.1, 0.15) is 30.3 Å². The summed E-state index contributed by atoms with van der Waals surface area (Å²) < 4.78 is 5.23. The fourth-order valence-electron chi connectivity index (χ4n) is 1.67. The molecule has 2 heterocycles. The van der Waals surface area contributed by atoms with Gasteiger partial charge in [0, 0.05) is 5.92 Å². The summed E-state index contributed by atoms with van der Waals surface area (Å²) in [6, 6.07) is 1.85. The molecular weight excluding hydrogens is 204 g/mol. The number of nitrogen functional groups attached to an aromatic ring is 1. The Balaban J connectivity index is 2.10. The molecule has 5 nitrogen and oxygen atoms in total. The van der Waals surface area contributed by atoms with Crippen LogP contribution in [0, 0.1) is 6.92 Å². The predicted octanol–water partition coefficient (Wildman–Crippen LogP) is 1.90. The maximum absolute atomic E-state index is 5.69. The van der Waals surface area contributed by atoms with Gasteiger partial charge in [-0.1, -0.05) is 0 Å². The number of aryl methyl sites for hydroxylation is 1. The maximum atomic E-state index is 5.69. The lowest BCUT2D eigenvalue weighted by Crippen LogP contribution is -2.04. The summed E-state index contributed by atoms with van der Waals surface area (Å²) in [7, 11) is 0. The molecule has 2 N–H and O–H groups in total. The summed E-state index contributed by atoms with van der Waals surface area (Å²) in [4.78, 5) is 12.7. The van der Waals surface area contributed by atoms with Gasteiger partial charge < -0.3 is 10.2 Å². The molecule has 3 rings (SSSR count). The van der Waals surface area contributed by atoms with Crippen LogP contribution in [0.2, 0.25) is 0 Å². The molecule has 0 aliphatic heterocycles. The van der Waals surface area contributed by atoms with E-state index in [-0.39, 0.29) is 5.95 Å². The molecule has 2 aromatic rings. The van der Waals surface area contributed by atoms with E-state index in [2.05, 4.69) is 15.0 Å². The van der Waals surface area contributed by atoms with Gasteiger partial charge in [-0.2, -0.15) is 9.97 Å². The molecular formula is C11H12N4O. The minimum atomic E-state index is 0.285. The van der Waals surface area contributed by atoms with E-state index in [0.29, 0.717) is 11.7 Å². The zero-order valence-electron chi connectivity index (χ0n) is 8.97. The Hall–Kier alpha value is -1.91. The highest BCUT2D eigenvalue weighted by Gasteiger charge is 2.27. The number of furan rings is 1. The Morgan fingerprint density at radius 1 is 1.31 bits per heavy atom. The smallest absolute Gasteiger partial charge is 0.223 e. The highest BCUT2D eigenvalue weighted by atomic mass is 16.3. The minimum absolute atomic E-state index is 0.285. The molecule has 0 unspecified atom stereocenters. The SMILES string of the molecule is Cc1occc1-c1nc(N)nc(C2CC2)n1. The first-order chi connectivity index (χ1) is 7.74. The summed E-state index contributed by atoms with van der Waals surface area (Å²) in [5.74, 6) is 2.97. The Kier molecular flexibility index (Phi) is 1.92. The molecule has 0 amide bonds. The quantitative estimate of drug-likeness (QED) is 0.829. The average molecular weight is 216 g/mol. The number of aromatic nitrogens is 3. The van der Waals surface area contributed by atoms with Crippen molar-refractivity contribution in [2.75, 3.05) is 5.73 Å². The molecule has 1 aliphatic rings. The van der Waals surface area contributed by atoms with Gasteiger partial charge in [0.2, 0.25) is 5.95 Å². The zero-order chi connectivity index (χ0) is 11.1. The molecule has 82 valence electrons. The van der Waals surface area contributed by atoms with Gasteiger partial charge in [-0.25, -0.2) is 4.98 Å². The van der Waals surface area contributed by atoms with E-state index in [1.54, 1.807) is 6.26 Å². The van der Waals surface area contributed by atoms with Crippen LogP contribution >= 0.6 is 0 Å². The molecule has 16 heavy (non-hydrogen) atoms. The molecule has 1 aliphatic carbocycles. The molecule has 0 bridgehead atoms. The molecule has 0 radical (unpaired) electrons. The number of hydrogen-bond donors (Lipinski definition) is 1. The van der Waals surface area contributed by atoms with Crippen molar-refractivity contribution in [3.8, 4) is 11.4 Å². The molecule has 0 saturated heterocycles. The first kappa shape index (κ1) is 9.33. The van der Waals surface area contributed by atoms with Crippen molar-refractivity contribution in [2.45, 2.75) is 25.7 Å². The van der Waals surface area contributed by atoms with Crippen LogP contribution in [0.5, 0.6) is 0 Å². The van der Waals surface area contributed by atoms with E-state index in [4.69, 9.17) is 10.2 Å². The minimum Gasteiger partial charge on any atom is -0.469 e. The number of nitrogens with zero attached hydrogens (tertiary/aromatic N) is 3. The van der Waals surface area contributed by atoms with E-state index in [1.807, 2.05) is 13.0 Å². The van der Waals surface area contributed by atoms with Crippen molar-refractivity contribution in [3.05, 3.63) is 23.9 Å². The number of rotatable bonds is 2. The van der Waals surface area contributed by atoms with E-state index < -0.39 is 0 Å². The summed E-state index contributed by atoms with van der Waals surface area (Å²) in [6.45, 7) is 1.88. The van der Waals surface area contributed by atoms with Gasteiger partial charge in [0.05, 0.1) is 11.8 Å². The third-order valence-electron chi connectivity index (χ3n) is 2.71. The van der Waals surface area contributed by atoms with Crippen LogP contribution in [-0.2, 0) is 0 Å². The lowest BCUT2D eigenvalue weighted by molar-refractivity contribution is 0.535. The van der Waals surface area contributed by atoms with E-state index in [1.165, 1.54) is 0 Å². The third-order valence-corrected chi connectivity index (χ3v) is 2.71. The van der Waals surface area contributed by atoms with Gasteiger partial charge in [0.25, 0.3) is 0 Å². The Labute approximate surface area is 92.7 Å². The molecule has 0 atom stereocenters. The standard InChI is InChI=1S/C11H12N4O/c1-6-8(4-5-16-6)10-13-9(7-2-3-7)14-11(12)15-10/h4-5,7H,2-3H2,1H3,(H2,12,13,14,15). The van der Waals surface area contributed by atoms with E-state index in [9.17, 15) is 0 Å². The first-order valence-corrected chi connectivity index (χ1v) is 5.30. The van der Waals surface area contributed by atoms with Gasteiger partial charge >= 0.3 is 0 Å². The zero-order valence-corrected chi connectivity index (χ0v) is 8.97. The van der Waals surface area contributed by atoms with Gasteiger partial charge in [-0.3, -0.25) is 0 Å². The normalized spacial score (nSPS) is 15.3. The predicted molar refractivity (Wildman–Crippen MR) is 58.7 cm³/mol. The van der Waals surface area contributed by atoms with Gasteiger partial charge in [0.15, 0.2) is 5.82 Å². The van der Waals surface area contributed by atoms with Crippen LogP contribution in [0.3, 0.4) is 0 Å². The Morgan fingerprint density at radius 2 is 2.12 bits per heavy atom. The van der Waals surface area contributed by atoms with Crippen LogP contribution in [0.15, 0.2) is 16.7 Å². The molecule has 5 heteroatoms. The summed E-state index contributed by atoms with van der Waals surface area (Å²) >= 11 is 0. The highest BCUT2D eigenvalue weighted by molar-refractivity contribution is 5.57. The van der Waals surface area contributed by atoms with Crippen molar-refractivity contribution in [1.29, 1.82) is 0 Å². The number of nitrogens with two attached hydrogens (primary N) is 1. The van der Waals surface area contributed by atoms with Crippen LogP contribution in [0.25, 0.3) is 11.4 Å². The van der Waals surface area contributed by atoms with Gasteiger partial charge in [-0.05, 0) is 25.8 Å². The lowest BCUT2D eigenvalue weighted by Gasteiger charge is -2.02. The molecule has 1 fully saturated rings. The molecule has 2 aromatic heterocycles. The molecule has 0 aromatic carbocycles. The summed E-state index contributed by atoms with van der Waals surface area (Å²) in [6.07, 6.45) is 3.92.